The Hall–Kier alpha value is -2.18. The Bertz CT molecular complexity index is 925. The van der Waals surface area contributed by atoms with Gasteiger partial charge in [0.25, 0.3) is 5.56 Å². The van der Waals surface area contributed by atoms with Crippen molar-refractivity contribution in [1.82, 2.24) is 9.55 Å². The van der Waals surface area contributed by atoms with Crippen molar-refractivity contribution < 1.29 is 0 Å². The summed E-state index contributed by atoms with van der Waals surface area (Å²) in [4.78, 5) is 19.6. The zero-order valence-electron chi connectivity index (χ0n) is 14.2. The molecule has 0 atom stereocenters. The van der Waals surface area contributed by atoms with Crippen molar-refractivity contribution >= 4 is 27.5 Å². The smallest absolute Gasteiger partial charge is 0.264 e. The van der Waals surface area contributed by atoms with Gasteiger partial charge in [0.05, 0.1) is 5.39 Å². The molecule has 0 saturated heterocycles. The molecule has 0 bridgehead atoms. The monoisotopic (exact) mass is 342 g/mol. The first-order valence-electron chi connectivity index (χ1n) is 8.11. The number of hydrogen-bond acceptors (Lipinski definition) is 5. The van der Waals surface area contributed by atoms with E-state index >= 15 is 0 Å². The fourth-order valence-electron chi connectivity index (χ4n) is 2.87. The minimum absolute atomic E-state index is 0.00180. The van der Waals surface area contributed by atoms with Crippen molar-refractivity contribution in [3.05, 3.63) is 45.1 Å². The number of nitrogens with two attached hydrogens (primary N) is 1. The minimum atomic E-state index is 0.00180. The lowest BCUT2D eigenvalue weighted by Gasteiger charge is -2.12. The fourth-order valence-corrected chi connectivity index (χ4v) is 3.91. The summed E-state index contributed by atoms with van der Waals surface area (Å²) < 4.78 is 1.68. The van der Waals surface area contributed by atoms with Crippen LogP contribution in [0.5, 0.6) is 0 Å². The van der Waals surface area contributed by atoms with Gasteiger partial charge in [-0.05, 0) is 26.3 Å². The molecule has 0 aliphatic heterocycles. The van der Waals surface area contributed by atoms with Crippen molar-refractivity contribution in [3.8, 4) is 11.1 Å². The molecule has 2 aromatic heterocycles. The quantitative estimate of drug-likeness (QED) is 0.747. The van der Waals surface area contributed by atoms with Crippen molar-refractivity contribution in [2.24, 2.45) is 5.73 Å². The Morgan fingerprint density at radius 2 is 1.96 bits per heavy atom. The van der Waals surface area contributed by atoms with Gasteiger partial charge in [0.2, 0.25) is 5.95 Å². The van der Waals surface area contributed by atoms with E-state index in [1.54, 1.807) is 15.9 Å². The zero-order valence-corrected chi connectivity index (χ0v) is 15.0. The van der Waals surface area contributed by atoms with Crippen LogP contribution in [0.2, 0.25) is 0 Å². The van der Waals surface area contributed by atoms with E-state index in [9.17, 15) is 4.79 Å². The van der Waals surface area contributed by atoms with E-state index in [2.05, 4.69) is 41.5 Å². The molecule has 2 heterocycles. The van der Waals surface area contributed by atoms with Gasteiger partial charge in [0.1, 0.15) is 4.83 Å². The van der Waals surface area contributed by atoms with Crippen LogP contribution in [0.3, 0.4) is 0 Å². The predicted molar refractivity (Wildman–Crippen MR) is 102 cm³/mol. The van der Waals surface area contributed by atoms with E-state index in [0.717, 1.165) is 20.8 Å². The first-order valence-corrected chi connectivity index (χ1v) is 8.93. The van der Waals surface area contributed by atoms with Crippen LogP contribution in [0.15, 0.2) is 29.1 Å². The van der Waals surface area contributed by atoms with Crippen LogP contribution in [-0.2, 0) is 6.54 Å². The first kappa shape index (κ1) is 16.7. The van der Waals surface area contributed by atoms with E-state index in [1.807, 2.05) is 13.8 Å². The summed E-state index contributed by atoms with van der Waals surface area (Å²) in [7, 11) is 0. The standard InChI is InChI=1S/C18H22N4OS/c1-4-22-17(23)15-14(13-7-5-11(2)6-8-13)12(3)24-16(15)21-18(22)20-10-9-19/h5-8H,4,9-10,19H2,1-3H3,(H,20,21). The average Bonchev–Trinajstić information content (AvgIpc) is 2.90. The molecule has 6 heteroatoms. The molecule has 3 rings (SSSR count). The molecule has 0 radical (unpaired) electrons. The van der Waals surface area contributed by atoms with E-state index < -0.39 is 0 Å². The molecular formula is C18H22N4OS. The normalized spacial score (nSPS) is 11.2. The third kappa shape index (κ3) is 2.83. The summed E-state index contributed by atoms with van der Waals surface area (Å²) in [5, 5.41) is 3.87. The molecule has 0 unspecified atom stereocenters. The lowest BCUT2D eigenvalue weighted by atomic mass is 10.0. The van der Waals surface area contributed by atoms with Crippen molar-refractivity contribution in [2.45, 2.75) is 27.3 Å². The third-order valence-corrected chi connectivity index (χ3v) is 5.07. The van der Waals surface area contributed by atoms with E-state index in [4.69, 9.17) is 5.73 Å². The SMILES string of the molecule is CCn1c(NCCN)nc2sc(C)c(-c3ccc(C)cc3)c2c1=O. The highest BCUT2D eigenvalue weighted by molar-refractivity contribution is 7.19. The molecule has 0 amide bonds. The van der Waals surface area contributed by atoms with Gasteiger partial charge in [0, 0.05) is 30.1 Å². The number of thiophene rings is 1. The Balaban J connectivity index is 2.27. The van der Waals surface area contributed by atoms with Gasteiger partial charge in [-0.25, -0.2) is 4.98 Å². The summed E-state index contributed by atoms with van der Waals surface area (Å²) in [5.41, 5.74) is 8.83. The molecule has 0 saturated carbocycles. The van der Waals surface area contributed by atoms with Crippen molar-refractivity contribution in [1.29, 1.82) is 0 Å². The highest BCUT2D eigenvalue weighted by atomic mass is 32.1. The fraction of sp³-hybridized carbons (Fsp3) is 0.333. The largest absolute Gasteiger partial charge is 0.354 e. The Kier molecular flexibility index (Phi) is 4.69. The number of rotatable bonds is 5. The van der Waals surface area contributed by atoms with Gasteiger partial charge in [-0.15, -0.1) is 11.3 Å². The summed E-state index contributed by atoms with van der Waals surface area (Å²) in [6, 6.07) is 8.28. The van der Waals surface area contributed by atoms with Gasteiger partial charge in [-0.2, -0.15) is 0 Å². The average molecular weight is 342 g/mol. The number of hydrogen-bond donors (Lipinski definition) is 2. The highest BCUT2D eigenvalue weighted by Crippen LogP contribution is 2.36. The molecular weight excluding hydrogens is 320 g/mol. The molecule has 3 aromatic rings. The lowest BCUT2D eigenvalue weighted by Crippen LogP contribution is -2.26. The number of aryl methyl sites for hydroxylation is 2. The predicted octanol–water partition coefficient (Wildman–Crippen LogP) is 3.13. The minimum Gasteiger partial charge on any atom is -0.354 e. The summed E-state index contributed by atoms with van der Waals surface area (Å²) in [6.45, 7) is 7.71. The first-order chi connectivity index (χ1) is 11.6. The van der Waals surface area contributed by atoms with Gasteiger partial charge >= 0.3 is 0 Å². The van der Waals surface area contributed by atoms with Gasteiger partial charge < -0.3 is 11.1 Å². The molecule has 0 spiro atoms. The van der Waals surface area contributed by atoms with E-state index in [1.165, 1.54) is 5.56 Å². The molecule has 0 fully saturated rings. The molecule has 1 aromatic carbocycles. The highest BCUT2D eigenvalue weighted by Gasteiger charge is 2.19. The topological polar surface area (TPSA) is 72.9 Å². The second-order valence-corrected chi connectivity index (χ2v) is 6.98. The molecule has 0 aliphatic carbocycles. The molecule has 5 nitrogen and oxygen atoms in total. The van der Waals surface area contributed by atoms with Gasteiger partial charge in [-0.3, -0.25) is 9.36 Å². The second-order valence-electron chi connectivity index (χ2n) is 5.78. The third-order valence-electron chi connectivity index (χ3n) is 4.07. The maximum absolute atomic E-state index is 13.1. The summed E-state index contributed by atoms with van der Waals surface area (Å²) in [5.74, 6) is 0.595. The molecule has 3 N–H and O–H groups in total. The maximum Gasteiger partial charge on any atom is 0.264 e. The lowest BCUT2D eigenvalue weighted by molar-refractivity contribution is 0.722. The van der Waals surface area contributed by atoms with Crippen LogP contribution in [0, 0.1) is 13.8 Å². The van der Waals surface area contributed by atoms with Crippen LogP contribution < -0.4 is 16.6 Å². The summed E-state index contributed by atoms with van der Waals surface area (Å²) in [6.07, 6.45) is 0. The number of nitrogens with one attached hydrogen (secondary N) is 1. The Morgan fingerprint density at radius 3 is 2.58 bits per heavy atom. The van der Waals surface area contributed by atoms with Crippen LogP contribution in [0.25, 0.3) is 21.3 Å². The van der Waals surface area contributed by atoms with Gasteiger partial charge in [-0.1, -0.05) is 29.8 Å². The van der Waals surface area contributed by atoms with Crippen LogP contribution in [0.4, 0.5) is 5.95 Å². The number of benzene rings is 1. The second kappa shape index (κ2) is 6.75. The number of anilines is 1. The van der Waals surface area contributed by atoms with Crippen LogP contribution in [-0.4, -0.2) is 22.6 Å². The Morgan fingerprint density at radius 1 is 1.25 bits per heavy atom. The number of nitrogens with zero attached hydrogens (tertiary/aromatic N) is 2. The summed E-state index contributed by atoms with van der Waals surface area (Å²) >= 11 is 1.56. The van der Waals surface area contributed by atoms with Crippen LogP contribution >= 0.6 is 11.3 Å². The number of aromatic nitrogens is 2. The molecule has 0 aliphatic rings. The van der Waals surface area contributed by atoms with E-state index in [0.29, 0.717) is 31.0 Å². The molecule has 126 valence electrons. The van der Waals surface area contributed by atoms with E-state index in [-0.39, 0.29) is 5.56 Å². The van der Waals surface area contributed by atoms with Crippen LogP contribution in [0.1, 0.15) is 17.4 Å². The number of fused-ring (bicyclic) bond motifs is 1. The maximum atomic E-state index is 13.1. The van der Waals surface area contributed by atoms with Crippen molar-refractivity contribution in [2.75, 3.05) is 18.4 Å². The molecule has 24 heavy (non-hydrogen) atoms. The van der Waals surface area contributed by atoms with Gasteiger partial charge in [0.15, 0.2) is 0 Å². The Labute approximate surface area is 145 Å². The zero-order chi connectivity index (χ0) is 17.3. The van der Waals surface area contributed by atoms with Crippen molar-refractivity contribution in [3.63, 3.8) is 0 Å².